The van der Waals surface area contributed by atoms with Crippen molar-refractivity contribution < 1.29 is 14.0 Å². The van der Waals surface area contributed by atoms with Crippen LogP contribution in [0.25, 0.3) is 21.9 Å². The van der Waals surface area contributed by atoms with Crippen molar-refractivity contribution >= 4 is 39.5 Å². The Bertz CT molecular complexity index is 1500. The minimum Gasteiger partial charge on any atom is -0.451 e. The fraction of sp³-hybridized carbons (Fsp3) is 0.321. The van der Waals surface area contributed by atoms with Crippen LogP contribution < -0.4 is 16.0 Å². The Balaban J connectivity index is 1.13. The molecule has 1 aliphatic heterocycles. The quantitative estimate of drug-likeness (QED) is 0.330. The molecule has 37 heavy (non-hydrogen) atoms. The van der Waals surface area contributed by atoms with Crippen molar-refractivity contribution in [2.24, 2.45) is 5.73 Å². The van der Waals surface area contributed by atoms with Gasteiger partial charge < -0.3 is 20.0 Å². The topological polar surface area (TPSA) is 131 Å². The van der Waals surface area contributed by atoms with Crippen molar-refractivity contribution in [1.82, 2.24) is 15.2 Å². The van der Waals surface area contributed by atoms with Crippen LogP contribution in [0.2, 0.25) is 0 Å². The van der Waals surface area contributed by atoms with Crippen molar-refractivity contribution in [3.63, 3.8) is 0 Å². The summed E-state index contributed by atoms with van der Waals surface area (Å²) in [5.74, 6) is -0.526. The van der Waals surface area contributed by atoms with Gasteiger partial charge in [-0.15, -0.1) is 0 Å². The summed E-state index contributed by atoms with van der Waals surface area (Å²) in [6.45, 7) is 6.72. The predicted molar refractivity (Wildman–Crippen MR) is 143 cm³/mol. The van der Waals surface area contributed by atoms with Gasteiger partial charge in [0.25, 0.3) is 5.91 Å². The van der Waals surface area contributed by atoms with Gasteiger partial charge in [-0.05, 0) is 74.7 Å². The third-order valence-corrected chi connectivity index (χ3v) is 7.17. The van der Waals surface area contributed by atoms with Crippen LogP contribution >= 0.6 is 0 Å². The number of anilines is 1. The van der Waals surface area contributed by atoms with E-state index in [9.17, 15) is 14.9 Å². The van der Waals surface area contributed by atoms with Crippen molar-refractivity contribution in [2.45, 2.75) is 26.2 Å². The number of hydrogen-bond donors (Lipinski definition) is 3. The molecule has 5 rings (SSSR count). The molecule has 9 nitrogen and oxygen atoms in total. The Morgan fingerprint density at radius 2 is 1.92 bits per heavy atom. The zero-order valence-corrected chi connectivity index (χ0v) is 20.8. The molecule has 1 aliphatic rings. The fourth-order valence-corrected chi connectivity index (χ4v) is 5.13. The standard InChI is InChI=1S/C28H30N6O3/c1-18-22-15-21(6-8-25(22)37-26(18)27(35)32-28(30)36)34-12-10-33(11-13-34)9-3-2-4-20-17-31-24-7-5-19(16-29)14-23(20)24/h5-8,14-15,17,31H,2-4,9-13H2,1H3,(H3,30,32,35,36). The molecule has 0 aliphatic carbocycles. The number of unbranched alkanes of at least 4 members (excludes halogenated alkanes) is 1. The minimum atomic E-state index is -0.907. The molecule has 1 saturated heterocycles. The van der Waals surface area contributed by atoms with E-state index in [2.05, 4.69) is 32.4 Å². The van der Waals surface area contributed by atoms with Gasteiger partial charge in [0.2, 0.25) is 0 Å². The van der Waals surface area contributed by atoms with E-state index < -0.39 is 11.9 Å². The lowest BCUT2D eigenvalue weighted by molar-refractivity contribution is 0.0940. The van der Waals surface area contributed by atoms with E-state index in [1.54, 1.807) is 0 Å². The summed E-state index contributed by atoms with van der Waals surface area (Å²) >= 11 is 0. The zero-order chi connectivity index (χ0) is 25.9. The molecule has 2 aromatic heterocycles. The van der Waals surface area contributed by atoms with Crippen molar-refractivity contribution in [3.8, 4) is 6.07 Å². The zero-order valence-electron chi connectivity index (χ0n) is 20.8. The number of carbonyl (C=O) groups excluding carboxylic acids is 2. The molecular weight excluding hydrogens is 468 g/mol. The number of piperazine rings is 1. The number of nitrogens with two attached hydrogens (primary N) is 1. The van der Waals surface area contributed by atoms with E-state index in [1.165, 1.54) is 5.56 Å². The van der Waals surface area contributed by atoms with Crippen LogP contribution in [0.3, 0.4) is 0 Å². The molecule has 0 unspecified atom stereocenters. The van der Waals surface area contributed by atoms with Crippen molar-refractivity contribution in [3.05, 3.63) is 65.0 Å². The second kappa shape index (κ2) is 10.4. The number of furan rings is 1. The molecule has 0 spiro atoms. The highest BCUT2D eigenvalue weighted by molar-refractivity contribution is 6.06. The number of nitrogens with one attached hydrogen (secondary N) is 2. The van der Waals surface area contributed by atoms with Gasteiger partial charge in [-0.3, -0.25) is 15.0 Å². The highest BCUT2D eigenvalue weighted by Gasteiger charge is 2.21. The third kappa shape index (κ3) is 5.15. The molecule has 0 radical (unpaired) electrons. The number of imide groups is 1. The smallest absolute Gasteiger partial charge is 0.319 e. The maximum Gasteiger partial charge on any atom is 0.319 e. The summed E-state index contributed by atoms with van der Waals surface area (Å²) in [7, 11) is 0. The predicted octanol–water partition coefficient (Wildman–Crippen LogP) is 4.05. The summed E-state index contributed by atoms with van der Waals surface area (Å²) in [6, 6.07) is 13.0. The van der Waals surface area contributed by atoms with E-state index in [0.717, 1.165) is 74.0 Å². The molecule has 4 N–H and O–H groups in total. The first kappa shape index (κ1) is 24.4. The fourth-order valence-electron chi connectivity index (χ4n) is 5.13. The Hall–Kier alpha value is -4.29. The minimum absolute atomic E-state index is 0.105. The molecule has 2 aromatic carbocycles. The molecule has 3 heterocycles. The molecular formula is C28H30N6O3. The van der Waals surface area contributed by atoms with E-state index in [0.29, 0.717) is 16.7 Å². The summed E-state index contributed by atoms with van der Waals surface area (Å²) in [4.78, 5) is 31.4. The number of benzene rings is 2. The lowest BCUT2D eigenvalue weighted by atomic mass is 10.0. The number of carbonyl (C=O) groups is 2. The summed E-state index contributed by atoms with van der Waals surface area (Å²) in [5.41, 5.74) is 10.5. The molecule has 1 fully saturated rings. The number of hydrogen-bond acceptors (Lipinski definition) is 6. The average molecular weight is 499 g/mol. The average Bonchev–Trinajstić information content (AvgIpc) is 3.46. The molecule has 0 bridgehead atoms. The molecule has 9 heteroatoms. The number of aryl methyl sites for hydroxylation is 2. The van der Waals surface area contributed by atoms with E-state index in [1.807, 2.05) is 43.3 Å². The Kier molecular flexibility index (Phi) is 6.84. The van der Waals surface area contributed by atoms with Gasteiger partial charge in [-0.25, -0.2) is 4.79 Å². The lowest BCUT2D eigenvalue weighted by Crippen LogP contribution is -2.46. The first-order valence-electron chi connectivity index (χ1n) is 12.5. The van der Waals surface area contributed by atoms with E-state index >= 15 is 0 Å². The molecule has 4 aromatic rings. The number of H-pyrrole nitrogens is 1. The van der Waals surface area contributed by atoms with Crippen molar-refractivity contribution in [1.29, 1.82) is 5.26 Å². The number of urea groups is 1. The van der Waals surface area contributed by atoms with Crippen LogP contribution in [-0.2, 0) is 6.42 Å². The van der Waals surface area contributed by atoms with Crippen molar-refractivity contribution in [2.75, 3.05) is 37.6 Å². The van der Waals surface area contributed by atoms with Gasteiger partial charge in [-0.2, -0.15) is 5.26 Å². The third-order valence-electron chi connectivity index (χ3n) is 7.17. The van der Waals surface area contributed by atoms with Gasteiger partial charge in [0, 0.05) is 59.9 Å². The van der Waals surface area contributed by atoms with Gasteiger partial charge in [0.05, 0.1) is 11.6 Å². The van der Waals surface area contributed by atoms with Crippen LogP contribution in [0.1, 0.15) is 40.1 Å². The summed E-state index contributed by atoms with van der Waals surface area (Å²) in [6.07, 6.45) is 5.29. The maximum absolute atomic E-state index is 12.2. The highest BCUT2D eigenvalue weighted by Crippen LogP contribution is 2.30. The van der Waals surface area contributed by atoms with Crippen LogP contribution in [0, 0.1) is 18.3 Å². The number of amides is 3. The molecule has 3 amide bonds. The van der Waals surface area contributed by atoms with E-state index in [4.69, 9.17) is 10.2 Å². The monoisotopic (exact) mass is 498 g/mol. The first-order chi connectivity index (χ1) is 17.9. The summed E-state index contributed by atoms with van der Waals surface area (Å²) < 4.78 is 5.67. The van der Waals surface area contributed by atoms with Gasteiger partial charge >= 0.3 is 6.03 Å². The second-order valence-corrected chi connectivity index (χ2v) is 9.53. The Labute approximate surface area is 214 Å². The Morgan fingerprint density at radius 1 is 1.11 bits per heavy atom. The number of fused-ring (bicyclic) bond motifs is 2. The number of aromatic nitrogens is 1. The van der Waals surface area contributed by atoms with Gasteiger partial charge in [0.1, 0.15) is 5.58 Å². The van der Waals surface area contributed by atoms with Crippen LogP contribution in [0.15, 0.2) is 47.0 Å². The Morgan fingerprint density at radius 3 is 2.68 bits per heavy atom. The molecule has 0 saturated carbocycles. The number of rotatable bonds is 7. The number of nitriles is 1. The van der Waals surface area contributed by atoms with Crippen LogP contribution in [0.5, 0.6) is 0 Å². The van der Waals surface area contributed by atoms with Crippen LogP contribution in [-0.4, -0.2) is 54.5 Å². The highest BCUT2D eigenvalue weighted by atomic mass is 16.3. The maximum atomic E-state index is 12.2. The second-order valence-electron chi connectivity index (χ2n) is 9.53. The number of primary amides is 1. The number of aromatic amines is 1. The first-order valence-corrected chi connectivity index (χ1v) is 12.5. The normalized spacial score (nSPS) is 14.2. The van der Waals surface area contributed by atoms with Crippen LogP contribution in [0.4, 0.5) is 10.5 Å². The largest absolute Gasteiger partial charge is 0.451 e. The van der Waals surface area contributed by atoms with Gasteiger partial charge in [0.15, 0.2) is 5.76 Å². The SMILES string of the molecule is Cc1c(C(=O)NC(N)=O)oc2ccc(N3CCN(CCCCc4c[nH]c5ccc(C#N)cc45)CC3)cc12. The lowest BCUT2D eigenvalue weighted by Gasteiger charge is -2.36. The van der Waals surface area contributed by atoms with E-state index in [-0.39, 0.29) is 5.76 Å². The summed E-state index contributed by atoms with van der Waals surface area (Å²) in [5, 5.41) is 13.2. The van der Waals surface area contributed by atoms with Gasteiger partial charge in [-0.1, -0.05) is 0 Å². The number of nitrogens with zero attached hydrogens (tertiary/aromatic N) is 3. The molecule has 190 valence electrons. The molecule has 0 atom stereocenters.